The molecule has 2 N–H and O–H groups in total. The molecule has 0 radical (unpaired) electrons. The monoisotopic (exact) mass is 390 g/mol. The number of aryl methyl sites for hydroxylation is 1. The molecule has 27 heavy (non-hydrogen) atoms. The highest BCUT2D eigenvalue weighted by Gasteiger charge is 2.53. The Kier molecular flexibility index (Phi) is 6.38. The van der Waals surface area contributed by atoms with Crippen LogP contribution >= 0.6 is 0 Å². The third-order valence-electron chi connectivity index (χ3n) is 4.79. The highest BCUT2D eigenvalue weighted by atomic mass is 19.4. The van der Waals surface area contributed by atoms with Crippen molar-refractivity contribution in [1.29, 1.82) is 0 Å². The van der Waals surface area contributed by atoms with Crippen LogP contribution in [0.3, 0.4) is 0 Å². The molecule has 2 heterocycles. The number of urea groups is 1. The molecule has 1 aromatic rings. The number of anilines is 1. The molecule has 1 aromatic heterocycles. The molecule has 1 aliphatic rings. The number of alkyl halides is 3. The van der Waals surface area contributed by atoms with E-state index in [0.717, 1.165) is 17.0 Å². The molecule has 0 bridgehead atoms. The predicted octanol–water partition coefficient (Wildman–Crippen LogP) is 3.22. The Balaban J connectivity index is 2.10. The van der Waals surface area contributed by atoms with E-state index in [1.165, 1.54) is 6.20 Å². The Hall–Kier alpha value is -2.26. The maximum absolute atomic E-state index is 13.1. The van der Waals surface area contributed by atoms with E-state index in [4.69, 9.17) is 5.11 Å². The van der Waals surface area contributed by atoms with Crippen molar-refractivity contribution >= 4 is 17.7 Å². The molecule has 0 saturated carbocycles. The minimum Gasteiger partial charge on any atom is -0.481 e. The van der Waals surface area contributed by atoms with Crippen molar-refractivity contribution < 1.29 is 27.9 Å². The summed E-state index contributed by atoms with van der Waals surface area (Å²) in [5.74, 6) is -4.80. The number of likely N-dealkylation sites (tertiary alicyclic amines) is 1. The molecular weight excluding hydrogens is 365 g/mol. The van der Waals surface area contributed by atoms with Crippen molar-refractivity contribution in [2.75, 3.05) is 18.4 Å². The van der Waals surface area contributed by atoms with Crippen LogP contribution in [0.25, 0.3) is 0 Å². The van der Waals surface area contributed by atoms with Gasteiger partial charge in [-0.2, -0.15) is 18.3 Å². The van der Waals surface area contributed by atoms with E-state index in [2.05, 4.69) is 24.3 Å². The SMILES string of the molecule is CCc1c(NC(=O)N2C[C@@H](C(F)(F)F)[C@H](C(=O)O)C2)cnn1CCC(C)C. The largest absolute Gasteiger partial charge is 0.481 e. The lowest BCUT2D eigenvalue weighted by atomic mass is 9.96. The zero-order valence-electron chi connectivity index (χ0n) is 15.6. The number of aliphatic carboxylic acids is 1. The molecule has 0 aliphatic carbocycles. The smallest absolute Gasteiger partial charge is 0.394 e. The summed E-state index contributed by atoms with van der Waals surface area (Å²) in [6, 6.07) is -0.744. The van der Waals surface area contributed by atoms with Gasteiger partial charge in [0.1, 0.15) is 0 Å². The van der Waals surface area contributed by atoms with Gasteiger partial charge in [-0.3, -0.25) is 9.48 Å². The second-order valence-corrected chi connectivity index (χ2v) is 7.19. The summed E-state index contributed by atoms with van der Waals surface area (Å²) in [5.41, 5.74) is 1.22. The van der Waals surface area contributed by atoms with Gasteiger partial charge in [0.15, 0.2) is 0 Å². The second-order valence-electron chi connectivity index (χ2n) is 7.19. The fourth-order valence-electron chi connectivity index (χ4n) is 3.21. The van der Waals surface area contributed by atoms with Gasteiger partial charge in [-0.25, -0.2) is 4.79 Å². The van der Waals surface area contributed by atoms with Gasteiger partial charge in [0.05, 0.1) is 29.4 Å². The second kappa shape index (κ2) is 8.18. The normalized spacial score (nSPS) is 20.3. The van der Waals surface area contributed by atoms with E-state index in [1.807, 2.05) is 6.92 Å². The summed E-state index contributed by atoms with van der Waals surface area (Å²) < 4.78 is 41.0. The van der Waals surface area contributed by atoms with Gasteiger partial charge in [-0.05, 0) is 18.8 Å². The summed E-state index contributed by atoms with van der Waals surface area (Å²) in [5, 5.41) is 15.9. The van der Waals surface area contributed by atoms with Gasteiger partial charge < -0.3 is 15.3 Å². The average molecular weight is 390 g/mol. The van der Waals surface area contributed by atoms with Crippen LogP contribution in [-0.4, -0.2) is 51.1 Å². The number of amides is 2. The molecule has 2 amide bonds. The topological polar surface area (TPSA) is 87.5 Å². The van der Waals surface area contributed by atoms with Crippen LogP contribution in [0.4, 0.5) is 23.7 Å². The molecule has 10 heteroatoms. The van der Waals surface area contributed by atoms with E-state index >= 15 is 0 Å². The number of nitrogens with zero attached hydrogens (tertiary/aromatic N) is 3. The number of hydrogen-bond donors (Lipinski definition) is 2. The fourth-order valence-corrected chi connectivity index (χ4v) is 3.21. The summed E-state index contributed by atoms with van der Waals surface area (Å²) in [7, 11) is 0. The Morgan fingerprint density at radius 2 is 2.04 bits per heavy atom. The van der Waals surface area contributed by atoms with Crippen molar-refractivity contribution in [2.24, 2.45) is 17.8 Å². The van der Waals surface area contributed by atoms with E-state index in [0.29, 0.717) is 24.6 Å². The number of carbonyl (C=O) groups excluding carboxylic acids is 1. The zero-order valence-corrected chi connectivity index (χ0v) is 15.6. The Morgan fingerprint density at radius 1 is 1.37 bits per heavy atom. The Labute approximate surface area is 155 Å². The van der Waals surface area contributed by atoms with Crippen LogP contribution in [0, 0.1) is 17.8 Å². The van der Waals surface area contributed by atoms with Crippen molar-refractivity contribution in [3.05, 3.63) is 11.9 Å². The maximum atomic E-state index is 13.1. The van der Waals surface area contributed by atoms with E-state index in [1.54, 1.807) is 4.68 Å². The van der Waals surface area contributed by atoms with Crippen LogP contribution < -0.4 is 5.32 Å². The first-order valence-electron chi connectivity index (χ1n) is 8.94. The average Bonchev–Trinajstić information content (AvgIpc) is 3.16. The first-order valence-corrected chi connectivity index (χ1v) is 8.94. The van der Waals surface area contributed by atoms with Crippen LogP contribution in [0.15, 0.2) is 6.20 Å². The summed E-state index contributed by atoms with van der Waals surface area (Å²) >= 11 is 0. The van der Waals surface area contributed by atoms with Crippen molar-refractivity contribution in [3.8, 4) is 0 Å². The maximum Gasteiger partial charge on any atom is 0.394 e. The first-order chi connectivity index (χ1) is 12.5. The van der Waals surface area contributed by atoms with Gasteiger partial charge in [-0.15, -0.1) is 0 Å². The molecule has 0 unspecified atom stereocenters. The lowest BCUT2D eigenvalue weighted by Gasteiger charge is -2.19. The number of hydrogen-bond acceptors (Lipinski definition) is 3. The highest BCUT2D eigenvalue weighted by molar-refractivity contribution is 5.90. The molecule has 0 spiro atoms. The molecule has 152 valence electrons. The summed E-state index contributed by atoms with van der Waals surface area (Å²) in [4.78, 5) is 24.5. The quantitative estimate of drug-likeness (QED) is 0.781. The number of carboxylic acid groups (broad SMARTS) is 1. The number of aromatic nitrogens is 2. The van der Waals surface area contributed by atoms with Crippen molar-refractivity contribution in [1.82, 2.24) is 14.7 Å². The number of carbonyl (C=O) groups is 2. The van der Waals surface area contributed by atoms with Gasteiger partial charge in [-0.1, -0.05) is 20.8 Å². The van der Waals surface area contributed by atoms with E-state index < -0.39 is 43.1 Å². The van der Waals surface area contributed by atoms with Crippen LogP contribution in [0.1, 0.15) is 32.9 Å². The molecular formula is C17H25F3N4O3. The third kappa shape index (κ3) is 4.92. The molecule has 7 nitrogen and oxygen atoms in total. The number of nitrogens with one attached hydrogen (secondary N) is 1. The summed E-state index contributed by atoms with van der Waals surface area (Å²) in [6.07, 6.45) is -1.70. The van der Waals surface area contributed by atoms with Crippen LogP contribution in [0.5, 0.6) is 0 Å². The molecule has 1 fully saturated rings. The zero-order chi connectivity index (χ0) is 20.4. The molecule has 1 saturated heterocycles. The standard InChI is InChI=1S/C17H25F3N4O3/c1-4-14-13(7-21-24(14)6-5-10(2)3)22-16(27)23-8-11(15(25)26)12(9-23)17(18,19)20/h7,10-12H,4-6,8-9H2,1-3H3,(H,22,27)(H,25,26)/t11-,12-/m1/s1. The lowest BCUT2D eigenvalue weighted by Crippen LogP contribution is -2.35. The number of rotatable bonds is 6. The van der Waals surface area contributed by atoms with E-state index in [9.17, 15) is 22.8 Å². The summed E-state index contributed by atoms with van der Waals surface area (Å²) in [6.45, 7) is 5.60. The Morgan fingerprint density at radius 3 is 2.52 bits per heavy atom. The van der Waals surface area contributed by atoms with Gasteiger partial charge in [0.25, 0.3) is 0 Å². The first kappa shape index (κ1) is 21.0. The van der Waals surface area contributed by atoms with Gasteiger partial charge in [0, 0.05) is 19.6 Å². The van der Waals surface area contributed by atoms with Crippen molar-refractivity contribution in [3.63, 3.8) is 0 Å². The molecule has 2 rings (SSSR count). The number of halogens is 3. The van der Waals surface area contributed by atoms with Crippen molar-refractivity contribution in [2.45, 2.75) is 46.3 Å². The Bertz CT molecular complexity index is 687. The van der Waals surface area contributed by atoms with Crippen LogP contribution in [0.2, 0.25) is 0 Å². The molecule has 2 atom stereocenters. The van der Waals surface area contributed by atoms with Gasteiger partial charge >= 0.3 is 18.2 Å². The van der Waals surface area contributed by atoms with E-state index in [-0.39, 0.29) is 0 Å². The molecule has 1 aliphatic heterocycles. The minimum atomic E-state index is -4.67. The lowest BCUT2D eigenvalue weighted by molar-refractivity contribution is -0.187. The third-order valence-corrected chi connectivity index (χ3v) is 4.79. The van der Waals surface area contributed by atoms with Crippen LogP contribution in [-0.2, 0) is 17.8 Å². The predicted molar refractivity (Wildman–Crippen MR) is 92.3 cm³/mol. The van der Waals surface area contributed by atoms with Gasteiger partial charge in [0.2, 0.25) is 0 Å². The molecule has 0 aromatic carbocycles. The minimum absolute atomic E-state index is 0.439. The number of carboxylic acids is 1. The fraction of sp³-hybridized carbons (Fsp3) is 0.706. The highest BCUT2D eigenvalue weighted by Crippen LogP contribution is 2.38.